The molecule has 8 nitrogen and oxygen atoms in total. The van der Waals surface area contributed by atoms with Crippen molar-refractivity contribution in [3.8, 4) is 17.9 Å². The number of amides is 3. The molecule has 2 aliphatic rings. The maximum Gasteiger partial charge on any atom is 0.471 e. The number of thiophene rings is 1. The Balaban J connectivity index is 1.66. The number of nitrogens with one attached hydrogen (secondary N) is 2. The Kier molecular flexibility index (Phi) is 7.39. The summed E-state index contributed by atoms with van der Waals surface area (Å²) >= 11 is 1.41. The predicted molar refractivity (Wildman–Crippen MR) is 142 cm³/mol. The Morgan fingerprint density at radius 1 is 1.20 bits per heavy atom. The smallest absolute Gasteiger partial charge is 0.336 e. The van der Waals surface area contributed by atoms with E-state index in [1.807, 2.05) is 24.5 Å². The highest BCUT2D eigenvalue weighted by Crippen LogP contribution is 2.65. The van der Waals surface area contributed by atoms with Gasteiger partial charge in [-0.3, -0.25) is 19.4 Å². The number of nitrogens with zero attached hydrogens (tertiary/aromatic N) is 3. The zero-order valence-corrected chi connectivity index (χ0v) is 23.8. The molecule has 5 atom stereocenters. The van der Waals surface area contributed by atoms with E-state index >= 15 is 0 Å². The van der Waals surface area contributed by atoms with E-state index in [-0.39, 0.29) is 23.8 Å². The van der Waals surface area contributed by atoms with Crippen LogP contribution in [0.3, 0.4) is 0 Å². The van der Waals surface area contributed by atoms with E-state index in [4.69, 9.17) is 0 Å². The fraction of sp³-hybridized carbons (Fsp3) is 0.536. The maximum absolute atomic E-state index is 13.8. The summed E-state index contributed by atoms with van der Waals surface area (Å²) in [5.74, 6) is 1.93. The average Bonchev–Trinajstić information content (AvgIpc) is 3.22. The standard InChI is InChI=1S/C28H30F3N5O3S/c1-7-8-14-13-40-18-11-33-10-15(19(14)18)17(9-32)34-23(37)21-20-16(27(20,5)6)12-36(21)24(38)22(26(2,3)4)35-25(39)28(29,30)31/h10-11,13,16-17,20-22H,12H2,1-6H3,(H,34,37)(H,35,39)/t16?,17?,20-,21?,22-/m1/s1. The van der Waals surface area contributed by atoms with Gasteiger partial charge in [0.25, 0.3) is 0 Å². The third kappa shape index (κ3) is 5.13. The highest BCUT2D eigenvalue weighted by molar-refractivity contribution is 7.17. The SMILES string of the molecule is CC#Cc1csc2cncc(C(C#N)NC(=O)C3[C@H]4C(CN3C(=O)[C@@H](NC(=O)C(F)(F)F)C(C)(C)C)C4(C)C)c12. The molecule has 2 aromatic heterocycles. The van der Waals surface area contributed by atoms with Gasteiger partial charge in [0.1, 0.15) is 18.1 Å². The number of alkyl halides is 3. The molecule has 12 heteroatoms. The summed E-state index contributed by atoms with van der Waals surface area (Å²) in [7, 11) is 0. The van der Waals surface area contributed by atoms with Gasteiger partial charge in [0, 0.05) is 40.8 Å². The molecule has 3 heterocycles. The Bertz CT molecular complexity index is 1470. The van der Waals surface area contributed by atoms with Gasteiger partial charge in [-0.2, -0.15) is 18.4 Å². The summed E-state index contributed by atoms with van der Waals surface area (Å²) in [6.45, 7) is 10.4. The minimum absolute atomic E-state index is 0.0555. The topological polar surface area (TPSA) is 115 Å². The van der Waals surface area contributed by atoms with E-state index < -0.39 is 47.4 Å². The zero-order valence-electron chi connectivity index (χ0n) is 22.9. The van der Waals surface area contributed by atoms with E-state index in [9.17, 15) is 32.8 Å². The van der Waals surface area contributed by atoms with Crippen LogP contribution in [0.25, 0.3) is 10.1 Å². The highest BCUT2D eigenvalue weighted by Gasteiger charge is 2.70. The van der Waals surface area contributed by atoms with Crippen LogP contribution in [0.1, 0.15) is 58.7 Å². The second-order valence-corrected chi connectivity index (χ2v) is 12.8. The molecule has 1 saturated heterocycles. The Morgan fingerprint density at radius 2 is 1.88 bits per heavy atom. The number of pyridine rings is 1. The van der Waals surface area contributed by atoms with Gasteiger partial charge in [-0.1, -0.05) is 40.5 Å². The molecule has 212 valence electrons. The lowest BCUT2D eigenvalue weighted by molar-refractivity contribution is -0.176. The first-order valence-electron chi connectivity index (χ1n) is 12.7. The van der Waals surface area contributed by atoms with E-state index in [2.05, 4.69) is 28.2 Å². The number of rotatable bonds is 5. The summed E-state index contributed by atoms with van der Waals surface area (Å²) < 4.78 is 40.0. The summed E-state index contributed by atoms with van der Waals surface area (Å²) in [6, 6.07) is -1.56. The van der Waals surface area contributed by atoms with Crippen LogP contribution in [0.2, 0.25) is 0 Å². The largest absolute Gasteiger partial charge is 0.471 e. The van der Waals surface area contributed by atoms with Crippen molar-refractivity contribution in [3.05, 3.63) is 28.9 Å². The molecule has 1 aliphatic carbocycles. The van der Waals surface area contributed by atoms with E-state index in [1.165, 1.54) is 22.4 Å². The molecule has 2 N–H and O–H groups in total. The van der Waals surface area contributed by atoms with Crippen LogP contribution in [0, 0.1) is 45.8 Å². The van der Waals surface area contributed by atoms with Crippen LogP contribution in [0.15, 0.2) is 17.8 Å². The van der Waals surface area contributed by atoms with Gasteiger partial charge in [0.15, 0.2) is 0 Å². The summed E-state index contributed by atoms with van der Waals surface area (Å²) in [5, 5.41) is 17.2. The summed E-state index contributed by atoms with van der Waals surface area (Å²) in [5.41, 5.74) is -0.205. The third-order valence-corrected chi connectivity index (χ3v) is 8.82. The minimum Gasteiger partial charge on any atom is -0.336 e. The fourth-order valence-corrected chi connectivity index (χ4v) is 6.60. The molecule has 2 fully saturated rings. The first kappa shape index (κ1) is 29.3. The predicted octanol–water partition coefficient (Wildman–Crippen LogP) is 3.92. The molecule has 0 radical (unpaired) electrons. The van der Waals surface area contributed by atoms with Crippen LogP contribution >= 0.6 is 11.3 Å². The summed E-state index contributed by atoms with van der Waals surface area (Å²) in [4.78, 5) is 44.8. The number of carbonyl (C=O) groups excluding carboxylic acids is 3. The van der Waals surface area contributed by atoms with E-state index in [0.29, 0.717) is 16.5 Å². The lowest BCUT2D eigenvalue weighted by atomic mass is 9.85. The van der Waals surface area contributed by atoms with Crippen LogP contribution in [0.4, 0.5) is 13.2 Å². The first-order chi connectivity index (χ1) is 18.5. The van der Waals surface area contributed by atoms with Crippen LogP contribution in [-0.4, -0.2) is 52.4 Å². The Labute approximate surface area is 234 Å². The quantitative estimate of drug-likeness (QED) is 0.526. The number of likely N-dealkylation sites (tertiary alicyclic amines) is 1. The van der Waals surface area contributed by atoms with Crippen molar-refractivity contribution >= 4 is 39.1 Å². The van der Waals surface area contributed by atoms with Crippen molar-refractivity contribution in [2.24, 2.45) is 22.7 Å². The lowest BCUT2D eigenvalue weighted by Crippen LogP contribution is -2.60. The Morgan fingerprint density at radius 3 is 2.45 bits per heavy atom. The molecule has 0 bridgehead atoms. The number of piperidine rings is 1. The van der Waals surface area contributed by atoms with Crippen molar-refractivity contribution in [1.82, 2.24) is 20.5 Å². The van der Waals surface area contributed by atoms with Gasteiger partial charge in [-0.15, -0.1) is 17.3 Å². The molecule has 1 aliphatic heterocycles. The molecular weight excluding hydrogens is 543 g/mol. The highest BCUT2D eigenvalue weighted by atomic mass is 32.1. The van der Waals surface area contributed by atoms with Crippen molar-refractivity contribution < 1.29 is 27.6 Å². The number of fused-ring (bicyclic) bond motifs is 2. The zero-order chi connectivity index (χ0) is 29.8. The third-order valence-electron chi connectivity index (χ3n) is 7.91. The maximum atomic E-state index is 13.8. The van der Waals surface area contributed by atoms with Crippen molar-refractivity contribution in [2.45, 2.75) is 65.8 Å². The second kappa shape index (κ2) is 10.1. The van der Waals surface area contributed by atoms with Crippen molar-refractivity contribution in [2.75, 3.05) is 6.54 Å². The van der Waals surface area contributed by atoms with Gasteiger partial charge in [0.2, 0.25) is 11.8 Å². The Hall–Kier alpha value is -3.64. The number of halogens is 3. The van der Waals surface area contributed by atoms with Gasteiger partial charge < -0.3 is 15.5 Å². The summed E-state index contributed by atoms with van der Waals surface area (Å²) in [6.07, 6.45) is -2.03. The molecule has 3 unspecified atom stereocenters. The van der Waals surface area contributed by atoms with Crippen molar-refractivity contribution in [1.29, 1.82) is 5.26 Å². The monoisotopic (exact) mass is 573 g/mol. The van der Waals surface area contributed by atoms with Gasteiger partial charge in [0.05, 0.1) is 10.8 Å². The van der Waals surface area contributed by atoms with E-state index in [1.54, 1.807) is 33.9 Å². The van der Waals surface area contributed by atoms with Crippen molar-refractivity contribution in [3.63, 3.8) is 0 Å². The number of hydrogen-bond donors (Lipinski definition) is 2. The molecule has 3 amide bonds. The number of aromatic nitrogens is 1. The van der Waals surface area contributed by atoms with Gasteiger partial charge in [-0.05, 0) is 29.6 Å². The molecule has 0 spiro atoms. The van der Waals surface area contributed by atoms with E-state index in [0.717, 1.165) is 4.70 Å². The second-order valence-electron chi connectivity index (χ2n) is 11.9. The molecular formula is C28H30F3N5O3S. The molecule has 2 aromatic rings. The minimum atomic E-state index is -5.17. The molecule has 0 aromatic carbocycles. The van der Waals surface area contributed by atoms with Gasteiger partial charge in [-0.25, -0.2) is 0 Å². The molecule has 1 saturated carbocycles. The number of carbonyl (C=O) groups is 3. The van der Waals surface area contributed by atoms with Gasteiger partial charge >= 0.3 is 12.1 Å². The number of hydrogen-bond acceptors (Lipinski definition) is 6. The lowest BCUT2D eigenvalue weighted by Gasteiger charge is -2.37. The molecule has 4 rings (SSSR count). The normalized spacial score (nSPS) is 22.8. The molecule has 40 heavy (non-hydrogen) atoms. The first-order valence-corrected chi connectivity index (χ1v) is 13.6. The average molecular weight is 574 g/mol. The fourth-order valence-electron chi connectivity index (χ4n) is 5.71. The number of nitriles is 1. The van der Waals surface area contributed by atoms with Crippen LogP contribution in [0.5, 0.6) is 0 Å². The van der Waals surface area contributed by atoms with Crippen LogP contribution < -0.4 is 10.6 Å². The van der Waals surface area contributed by atoms with Crippen LogP contribution in [-0.2, 0) is 14.4 Å².